The second kappa shape index (κ2) is 9.51. The summed E-state index contributed by atoms with van der Waals surface area (Å²) < 4.78 is 22.1. The van der Waals surface area contributed by atoms with Gasteiger partial charge in [0.2, 0.25) is 0 Å². The molecule has 0 bridgehead atoms. The van der Waals surface area contributed by atoms with Crippen LogP contribution >= 0.6 is 33.9 Å². The van der Waals surface area contributed by atoms with Gasteiger partial charge < -0.3 is 9.30 Å². The number of hydrogen-bond donors (Lipinski definition) is 1. The maximum Gasteiger partial charge on any atom is 0.278 e. The topological polar surface area (TPSA) is 69.6 Å². The van der Waals surface area contributed by atoms with Crippen LogP contribution < -0.4 is 11.0 Å². The third kappa shape index (κ3) is 4.68. The van der Waals surface area contributed by atoms with Crippen molar-refractivity contribution in [1.29, 1.82) is 0 Å². The lowest BCUT2D eigenvalue weighted by Gasteiger charge is -2.16. The van der Waals surface area contributed by atoms with E-state index in [-0.39, 0.29) is 31.0 Å². The van der Waals surface area contributed by atoms with Crippen molar-refractivity contribution in [2.45, 2.75) is 6.42 Å². The van der Waals surface area contributed by atoms with Gasteiger partial charge in [0.25, 0.3) is 11.5 Å². The molecule has 0 aliphatic rings. The summed E-state index contributed by atoms with van der Waals surface area (Å²) in [6.45, 7) is 3.78. The molecule has 3 aromatic rings. The molecule has 1 amide bonds. The second-order valence-electron chi connectivity index (χ2n) is 6.08. The average molecular weight is 528 g/mol. The molecule has 0 saturated carbocycles. The molecule has 1 aromatic carbocycles. The van der Waals surface area contributed by atoms with Gasteiger partial charge in [-0.05, 0) is 51.7 Å². The number of nitrogens with one attached hydrogen (secondary N) is 1. The van der Waals surface area contributed by atoms with Crippen molar-refractivity contribution in [3.8, 4) is 0 Å². The number of thiophene rings is 1. The van der Waals surface area contributed by atoms with Gasteiger partial charge in [0.05, 0.1) is 21.9 Å². The maximum atomic E-state index is 14.4. The molecule has 0 unspecified atom stereocenters. The zero-order valence-corrected chi connectivity index (χ0v) is 18.5. The molecule has 0 aliphatic heterocycles. The van der Waals surface area contributed by atoms with Gasteiger partial charge >= 0.3 is 0 Å². The fourth-order valence-corrected chi connectivity index (χ4v) is 4.30. The Morgan fingerprint density at radius 2 is 2.17 bits per heavy atom. The fraction of sp³-hybridized carbons (Fsp3) is 0.200. The van der Waals surface area contributed by atoms with Crippen LogP contribution in [0.2, 0.25) is 0 Å². The highest BCUT2D eigenvalue weighted by molar-refractivity contribution is 14.1. The number of ether oxygens (including phenoxy) is 1. The van der Waals surface area contributed by atoms with Gasteiger partial charge in [-0.15, -0.1) is 11.3 Å². The molecule has 1 N–H and O–H groups in total. The van der Waals surface area contributed by atoms with E-state index in [1.807, 2.05) is 22.6 Å². The molecule has 0 spiro atoms. The van der Waals surface area contributed by atoms with E-state index in [1.165, 1.54) is 28.2 Å². The van der Waals surface area contributed by atoms with Gasteiger partial charge in [-0.2, -0.15) is 0 Å². The highest BCUT2D eigenvalue weighted by Crippen LogP contribution is 2.27. The Morgan fingerprint density at radius 3 is 2.90 bits per heavy atom. The Kier molecular flexibility index (Phi) is 7.04. The van der Waals surface area contributed by atoms with E-state index < -0.39 is 5.91 Å². The minimum atomic E-state index is -0.507. The van der Waals surface area contributed by atoms with Crippen LogP contribution in [0.15, 0.2) is 47.3 Å². The number of nitrogens with zero attached hydrogens (tertiary/aromatic N) is 1. The molecule has 29 heavy (non-hydrogen) atoms. The number of benzene rings is 1. The van der Waals surface area contributed by atoms with Gasteiger partial charge in [0.15, 0.2) is 0 Å². The molecule has 9 heteroatoms. The largest absolute Gasteiger partial charge is 0.499 e. The lowest BCUT2D eigenvalue weighted by Crippen LogP contribution is -2.30. The van der Waals surface area contributed by atoms with Crippen molar-refractivity contribution in [1.82, 2.24) is 10.0 Å². The Balaban J connectivity index is 2.02. The summed E-state index contributed by atoms with van der Waals surface area (Å²) in [6.07, 6.45) is 1.37. The molecule has 6 nitrogen and oxygen atoms in total. The van der Waals surface area contributed by atoms with Crippen molar-refractivity contribution < 1.29 is 18.8 Å². The lowest BCUT2D eigenvalue weighted by molar-refractivity contribution is 0.0145. The van der Waals surface area contributed by atoms with Crippen molar-refractivity contribution in [2.24, 2.45) is 7.05 Å². The average Bonchev–Trinajstić information content (AvgIpc) is 3.17. The van der Waals surface area contributed by atoms with Crippen LogP contribution in [0.25, 0.3) is 10.1 Å². The van der Waals surface area contributed by atoms with E-state index in [9.17, 15) is 14.0 Å². The van der Waals surface area contributed by atoms with Gasteiger partial charge in [-0.3, -0.25) is 14.4 Å². The molecular formula is C20H18FIN2O4S. The molecular weight excluding hydrogens is 510 g/mol. The summed E-state index contributed by atoms with van der Waals surface area (Å²) in [5.41, 5.74) is 3.24. The van der Waals surface area contributed by atoms with Crippen molar-refractivity contribution in [2.75, 3.05) is 13.2 Å². The highest BCUT2D eigenvalue weighted by atomic mass is 127. The first kappa shape index (κ1) is 21.5. The van der Waals surface area contributed by atoms with Gasteiger partial charge in [-0.25, -0.2) is 9.87 Å². The van der Waals surface area contributed by atoms with Crippen LogP contribution in [-0.2, 0) is 23.0 Å². The van der Waals surface area contributed by atoms with Crippen LogP contribution in [0, 0.1) is 9.39 Å². The van der Waals surface area contributed by atoms with Crippen LogP contribution in [0.3, 0.4) is 0 Å². The van der Waals surface area contributed by atoms with Crippen LogP contribution in [-0.4, -0.2) is 23.7 Å². The van der Waals surface area contributed by atoms with E-state index in [4.69, 9.17) is 9.57 Å². The second-order valence-corrected chi connectivity index (χ2v) is 8.24. The third-order valence-electron chi connectivity index (χ3n) is 4.31. The number of amides is 1. The predicted octanol–water partition coefficient (Wildman–Crippen LogP) is 3.76. The summed E-state index contributed by atoms with van der Waals surface area (Å²) in [5.74, 6) is -0.896. The molecule has 0 aliphatic carbocycles. The first-order chi connectivity index (χ1) is 13.9. The van der Waals surface area contributed by atoms with Crippen molar-refractivity contribution >= 4 is 49.9 Å². The van der Waals surface area contributed by atoms with Crippen LogP contribution in [0.5, 0.6) is 0 Å². The number of fused-ring (bicyclic) bond motifs is 1. The number of carbonyl (C=O) groups excluding carboxylic acids is 1. The first-order valence-electron chi connectivity index (χ1n) is 8.61. The Bertz CT molecular complexity index is 1130. The summed E-state index contributed by atoms with van der Waals surface area (Å²) in [7, 11) is 1.58. The molecule has 0 atom stereocenters. The SMILES string of the molecule is C=COCCONC(=O)c1c(Cc2ccc(I)cc2F)n(C)c(=O)c2ccsc12. The Morgan fingerprint density at radius 1 is 1.38 bits per heavy atom. The van der Waals surface area contributed by atoms with E-state index in [2.05, 4.69) is 12.1 Å². The van der Waals surface area contributed by atoms with E-state index in [0.29, 0.717) is 26.9 Å². The first-order valence-corrected chi connectivity index (χ1v) is 10.6. The number of aromatic nitrogens is 1. The molecule has 2 heterocycles. The highest BCUT2D eigenvalue weighted by Gasteiger charge is 2.23. The lowest BCUT2D eigenvalue weighted by atomic mass is 10.0. The Hall–Kier alpha value is -2.24. The molecule has 2 aromatic heterocycles. The minimum absolute atomic E-state index is 0.0880. The fourth-order valence-electron chi connectivity index (χ4n) is 2.90. The van der Waals surface area contributed by atoms with E-state index >= 15 is 0 Å². The summed E-state index contributed by atoms with van der Waals surface area (Å²) in [5, 5.41) is 2.18. The standard InChI is InChI=1S/C20H18FIN2O4S/c1-3-27-7-8-28-23-19(25)17-16(10-12-4-5-13(22)11-15(12)21)24(2)20(26)14-6-9-29-18(14)17/h3-6,9,11H,1,7-8,10H2,2H3,(H,23,25). The number of hydrogen-bond acceptors (Lipinski definition) is 5. The molecule has 0 fully saturated rings. The summed E-state index contributed by atoms with van der Waals surface area (Å²) in [4.78, 5) is 30.8. The van der Waals surface area contributed by atoms with E-state index in [1.54, 1.807) is 30.6 Å². The molecule has 0 radical (unpaired) electrons. The van der Waals surface area contributed by atoms with Crippen molar-refractivity contribution in [3.63, 3.8) is 0 Å². The van der Waals surface area contributed by atoms with Gasteiger partial charge in [-0.1, -0.05) is 12.6 Å². The monoisotopic (exact) mass is 528 g/mol. The minimum Gasteiger partial charge on any atom is -0.499 e. The van der Waals surface area contributed by atoms with Gasteiger partial charge in [0.1, 0.15) is 19.0 Å². The normalized spacial score (nSPS) is 10.9. The molecule has 0 saturated heterocycles. The number of pyridine rings is 1. The number of rotatable bonds is 8. The smallest absolute Gasteiger partial charge is 0.278 e. The zero-order chi connectivity index (χ0) is 21.0. The van der Waals surface area contributed by atoms with E-state index in [0.717, 1.165) is 3.57 Å². The third-order valence-corrected chi connectivity index (χ3v) is 5.91. The number of hydroxylamine groups is 1. The predicted molar refractivity (Wildman–Crippen MR) is 119 cm³/mol. The molecule has 3 rings (SSSR count). The maximum absolute atomic E-state index is 14.4. The van der Waals surface area contributed by atoms with Crippen molar-refractivity contribution in [3.05, 3.63) is 79.0 Å². The number of halogens is 2. The van der Waals surface area contributed by atoms with Crippen LogP contribution in [0.1, 0.15) is 21.6 Å². The zero-order valence-electron chi connectivity index (χ0n) is 15.5. The Labute approximate surface area is 184 Å². The quantitative estimate of drug-likeness (QED) is 0.209. The summed E-state index contributed by atoms with van der Waals surface area (Å²) in [6, 6.07) is 6.53. The number of carbonyl (C=O) groups is 1. The summed E-state index contributed by atoms with van der Waals surface area (Å²) >= 11 is 3.31. The van der Waals surface area contributed by atoms with Gasteiger partial charge in [0, 0.05) is 22.7 Å². The van der Waals surface area contributed by atoms with Crippen LogP contribution in [0.4, 0.5) is 4.39 Å². The molecule has 152 valence electrons.